The molecule has 26 heavy (non-hydrogen) atoms. The van der Waals surface area contributed by atoms with Crippen LogP contribution in [0.4, 0.5) is 0 Å². The molecule has 0 saturated heterocycles. The Morgan fingerprint density at radius 1 is 1.27 bits per heavy atom. The van der Waals surface area contributed by atoms with Crippen molar-refractivity contribution < 1.29 is 14.6 Å². The van der Waals surface area contributed by atoms with Crippen LogP contribution in [-0.2, 0) is 11.2 Å². The van der Waals surface area contributed by atoms with E-state index in [0.717, 1.165) is 41.0 Å². The van der Waals surface area contributed by atoms with Crippen LogP contribution in [0.15, 0.2) is 35.7 Å². The van der Waals surface area contributed by atoms with Crippen molar-refractivity contribution in [3.63, 3.8) is 0 Å². The average molecular weight is 374 g/mol. The molecule has 0 fully saturated rings. The highest BCUT2D eigenvalue weighted by molar-refractivity contribution is 7.11. The molecule has 0 aliphatic heterocycles. The molecule has 5 heteroatoms. The fourth-order valence-corrected chi connectivity index (χ4v) is 3.37. The fourth-order valence-electron chi connectivity index (χ4n) is 2.48. The highest BCUT2D eigenvalue weighted by Crippen LogP contribution is 2.31. The second-order valence-corrected chi connectivity index (χ2v) is 7.12. The molecule has 4 nitrogen and oxygen atoms in total. The summed E-state index contributed by atoms with van der Waals surface area (Å²) in [6, 6.07) is 7.01. The molecule has 2 N–H and O–H groups in total. The quantitative estimate of drug-likeness (QED) is 0.469. The Hall–Kier alpha value is -2.27. The molecule has 2 aromatic rings. The maximum absolute atomic E-state index is 12.0. The number of nitrogens with one attached hydrogen (secondary N) is 1. The van der Waals surface area contributed by atoms with Crippen LogP contribution in [-0.4, -0.2) is 24.2 Å². The van der Waals surface area contributed by atoms with Crippen molar-refractivity contribution in [1.82, 2.24) is 5.32 Å². The number of carbonyl (C=O) groups excluding carboxylic acids is 1. The first kappa shape index (κ1) is 20.0. The Morgan fingerprint density at radius 2 is 2.04 bits per heavy atom. The first-order chi connectivity index (χ1) is 12.6. The molecular weight excluding hydrogens is 346 g/mol. The van der Waals surface area contributed by atoms with Crippen LogP contribution in [0.2, 0.25) is 0 Å². The first-order valence-corrected chi connectivity index (χ1v) is 9.92. The number of unbranched alkanes of at least 4 members (excludes halogenated alkanes) is 2. The van der Waals surface area contributed by atoms with Crippen LogP contribution in [0.1, 0.15) is 42.2 Å². The van der Waals surface area contributed by atoms with Crippen molar-refractivity contribution in [2.75, 3.05) is 13.2 Å². The van der Waals surface area contributed by atoms with E-state index < -0.39 is 0 Å². The third-order valence-corrected chi connectivity index (χ3v) is 5.02. The highest BCUT2D eigenvalue weighted by Gasteiger charge is 2.08. The lowest BCUT2D eigenvalue weighted by molar-refractivity contribution is -0.116. The SMILES string of the molecule is CCCCCOc1c(C)csc1C=CC(=O)NCCc1ccc(O)cc1. The smallest absolute Gasteiger partial charge is 0.244 e. The normalized spacial score (nSPS) is 11.0. The highest BCUT2D eigenvalue weighted by atomic mass is 32.1. The number of phenolic OH excluding ortho intramolecular Hbond substituents is 1. The van der Waals surface area contributed by atoms with E-state index in [1.54, 1.807) is 29.5 Å². The largest absolute Gasteiger partial charge is 0.508 e. The van der Waals surface area contributed by atoms with Gasteiger partial charge >= 0.3 is 0 Å². The molecule has 0 spiro atoms. The zero-order chi connectivity index (χ0) is 18.8. The van der Waals surface area contributed by atoms with Gasteiger partial charge in [-0.15, -0.1) is 11.3 Å². The second-order valence-electron chi connectivity index (χ2n) is 6.21. The molecular formula is C21H27NO3S. The van der Waals surface area contributed by atoms with Gasteiger partial charge in [0.1, 0.15) is 11.5 Å². The molecule has 0 aliphatic carbocycles. The van der Waals surface area contributed by atoms with Crippen molar-refractivity contribution >= 4 is 23.3 Å². The summed E-state index contributed by atoms with van der Waals surface area (Å²) >= 11 is 1.59. The minimum atomic E-state index is -0.119. The molecule has 0 aliphatic rings. The Kier molecular flexibility index (Phi) is 8.22. The van der Waals surface area contributed by atoms with Gasteiger partial charge < -0.3 is 15.2 Å². The summed E-state index contributed by atoms with van der Waals surface area (Å²) in [7, 11) is 0. The van der Waals surface area contributed by atoms with Crippen molar-refractivity contribution in [1.29, 1.82) is 0 Å². The first-order valence-electron chi connectivity index (χ1n) is 9.05. The van der Waals surface area contributed by atoms with Gasteiger partial charge in [-0.3, -0.25) is 4.79 Å². The molecule has 1 amide bonds. The zero-order valence-corrected chi connectivity index (χ0v) is 16.3. The number of amides is 1. The number of hydrogen-bond acceptors (Lipinski definition) is 4. The van der Waals surface area contributed by atoms with Gasteiger partial charge in [0.15, 0.2) is 0 Å². The molecule has 0 bridgehead atoms. The summed E-state index contributed by atoms with van der Waals surface area (Å²) in [6.07, 6.45) is 7.49. The number of phenols is 1. The van der Waals surface area contributed by atoms with Gasteiger partial charge in [-0.1, -0.05) is 31.9 Å². The Balaban J connectivity index is 1.80. The molecule has 0 saturated carbocycles. The van der Waals surface area contributed by atoms with E-state index in [1.807, 2.05) is 25.1 Å². The third kappa shape index (κ3) is 6.56. The van der Waals surface area contributed by atoms with Crippen LogP contribution in [0.25, 0.3) is 6.08 Å². The van der Waals surface area contributed by atoms with Crippen molar-refractivity contribution in [3.8, 4) is 11.5 Å². The Bertz CT molecular complexity index is 719. The minimum Gasteiger partial charge on any atom is -0.508 e. The number of rotatable bonds is 10. The summed E-state index contributed by atoms with van der Waals surface area (Å²) in [5.74, 6) is 1.02. The van der Waals surface area contributed by atoms with Crippen LogP contribution >= 0.6 is 11.3 Å². The van der Waals surface area contributed by atoms with Gasteiger partial charge in [-0.2, -0.15) is 0 Å². The molecule has 1 aromatic carbocycles. The summed E-state index contributed by atoms with van der Waals surface area (Å²) in [6.45, 7) is 5.47. The molecule has 2 rings (SSSR count). The average Bonchev–Trinajstić information content (AvgIpc) is 2.98. The standard InChI is InChI=1S/C21H27NO3S/c1-3-4-5-14-25-21-16(2)15-26-19(21)10-11-20(24)22-13-12-17-6-8-18(23)9-7-17/h6-11,15,23H,3-5,12-14H2,1-2H3,(H,22,24). The van der Waals surface area contributed by atoms with E-state index in [9.17, 15) is 9.90 Å². The van der Waals surface area contributed by atoms with E-state index in [2.05, 4.69) is 17.6 Å². The fraction of sp³-hybridized carbons (Fsp3) is 0.381. The summed E-state index contributed by atoms with van der Waals surface area (Å²) in [4.78, 5) is 13.0. The monoisotopic (exact) mass is 373 g/mol. The van der Waals surface area contributed by atoms with Crippen LogP contribution in [0.3, 0.4) is 0 Å². The predicted molar refractivity (Wildman–Crippen MR) is 108 cm³/mol. The maximum Gasteiger partial charge on any atom is 0.244 e. The summed E-state index contributed by atoms with van der Waals surface area (Å²) in [5, 5.41) is 14.2. The lowest BCUT2D eigenvalue weighted by Gasteiger charge is -2.07. The Morgan fingerprint density at radius 3 is 2.77 bits per heavy atom. The minimum absolute atomic E-state index is 0.119. The molecule has 0 unspecified atom stereocenters. The van der Waals surface area contributed by atoms with E-state index in [0.29, 0.717) is 13.2 Å². The van der Waals surface area contributed by atoms with E-state index in [4.69, 9.17) is 4.74 Å². The van der Waals surface area contributed by atoms with Gasteiger partial charge in [-0.05, 0) is 48.9 Å². The third-order valence-electron chi connectivity index (χ3n) is 3.97. The molecule has 1 heterocycles. The number of carbonyl (C=O) groups is 1. The van der Waals surface area contributed by atoms with Gasteiger partial charge in [0, 0.05) is 18.2 Å². The number of aryl methyl sites for hydroxylation is 1. The zero-order valence-electron chi connectivity index (χ0n) is 15.5. The molecule has 0 radical (unpaired) electrons. The molecule has 0 atom stereocenters. The number of thiophene rings is 1. The lowest BCUT2D eigenvalue weighted by atomic mass is 10.1. The Labute approximate surface area is 159 Å². The van der Waals surface area contributed by atoms with Crippen LogP contribution in [0, 0.1) is 6.92 Å². The second kappa shape index (κ2) is 10.7. The lowest BCUT2D eigenvalue weighted by Crippen LogP contribution is -2.23. The van der Waals surface area contributed by atoms with Gasteiger partial charge in [0.05, 0.1) is 11.5 Å². The predicted octanol–water partition coefficient (Wildman–Crippen LogP) is 4.70. The van der Waals surface area contributed by atoms with E-state index in [-0.39, 0.29) is 11.7 Å². The van der Waals surface area contributed by atoms with Crippen LogP contribution < -0.4 is 10.1 Å². The number of ether oxygens (including phenoxy) is 1. The van der Waals surface area contributed by atoms with E-state index in [1.165, 1.54) is 6.42 Å². The maximum atomic E-state index is 12.0. The van der Waals surface area contributed by atoms with E-state index >= 15 is 0 Å². The van der Waals surface area contributed by atoms with Crippen LogP contribution in [0.5, 0.6) is 11.5 Å². The number of hydrogen-bond donors (Lipinski definition) is 2. The summed E-state index contributed by atoms with van der Waals surface area (Å²) < 4.78 is 5.90. The van der Waals surface area contributed by atoms with Crippen molar-refractivity contribution in [2.45, 2.75) is 39.5 Å². The van der Waals surface area contributed by atoms with Gasteiger partial charge in [-0.25, -0.2) is 0 Å². The molecule has 1 aromatic heterocycles. The van der Waals surface area contributed by atoms with Crippen molar-refractivity contribution in [2.24, 2.45) is 0 Å². The van der Waals surface area contributed by atoms with Gasteiger partial charge in [0.2, 0.25) is 5.91 Å². The molecule has 140 valence electrons. The number of benzene rings is 1. The van der Waals surface area contributed by atoms with Crippen molar-refractivity contribution in [3.05, 3.63) is 51.7 Å². The topological polar surface area (TPSA) is 58.6 Å². The van der Waals surface area contributed by atoms with Gasteiger partial charge in [0.25, 0.3) is 0 Å². The summed E-state index contributed by atoms with van der Waals surface area (Å²) in [5.41, 5.74) is 2.18. The number of aromatic hydroxyl groups is 1.